The summed E-state index contributed by atoms with van der Waals surface area (Å²) in [6.45, 7) is 0. The smallest absolute Gasteiger partial charge is 0.0619 e. The largest absolute Gasteiger partial charge is 0.310 e. The minimum atomic E-state index is 1.06. The Morgan fingerprint density at radius 3 is 1.41 bits per heavy atom. The van der Waals surface area contributed by atoms with Crippen LogP contribution in [-0.2, 0) is 0 Å². The van der Waals surface area contributed by atoms with E-state index >= 15 is 0 Å². The average Bonchev–Trinajstić information content (AvgIpc) is 1.55. The first kappa shape index (κ1) is 60.2. The summed E-state index contributed by atoms with van der Waals surface area (Å²) in [4.78, 5) is 4.89. The molecule has 4 heteroatoms. The zero-order valence-corrected chi connectivity index (χ0v) is 56.9. The van der Waals surface area contributed by atoms with Crippen molar-refractivity contribution < 1.29 is 0 Å². The fourth-order valence-corrected chi connectivity index (χ4v) is 16.3. The van der Waals surface area contributed by atoms with Gasteiger partial charge in [-0.3, -0.25) is 0 Å². The van der Waals surface area contributed by atoms with Crippen molar-refractivity contribution >= 4 is 121 Å². The number of hydrogen-bond acceptors (Lipinski definition) is 2. The molecule has 0 saturated carbocycles. The molecule has 2 aromatic heterocycles. The molecule has 0 amide bonds. The summed E-state index contributed by atoms with van der Waals surface area (Å²) in [5, 5.41) is 14.6. The standard InChI is InChI=1S/C100H66N4/c1-5-21-67(22-6-1)75-29-19-35-84(63-75)101(85-54-60-96-94(65-85)99-89-36-17-15-26-71(89)47-59-97(99)103(96)80-31-9-3-10-32-80)82-51-43-73(44-52-82)87-38-20-30-79-62-77(46-55-88(79)87)78-48-58-95(93(64-78)70-24-7-2-8-25-70)102(83-49-41-69(42-50-83)76-40-39-68-23-13-14-28-74(68)61-76)86-53-57-91-92-56-45-72-27-16-18-37-90(72)100(92)104(98(91)66-86)81-33-11-4-12-34-81/h1-66H. The van der Waals surface area contributed by atoms with Crippen LogP contribution in [0.15, 0.2) is 400 Å². The van der Waals surface area contributed by atoms with Gasteiger partial charge in [0.2, 0.25) is 0 Å². The van der Waals surface area contributed by atoms with Gasteiger partial charge in [-0.1, -0.05) is 279 Å². The molecule has 104 heavy (non-hydrogen) atoms. The van der Waals surface area contributed by atoms with Crippen molar-refractivity contribution in [1.29, 1.82) is 0 Å². The molecule has 0 spiro atoms. The second kappa shape index (κ2) is 25.1. The number of fused-ring (bicyclic) bond motifs is 12. The molecule has 20 aromatic rings. The summed E-state index contributed by atoms with van der Waals surface area (Å²) in [6.07, 6.45) is 0. The highest BCUT2D eigenvalue weighted by Crippen LogP contribution is 2.48. The van der Waals surface area contributed by atoms with Gasteiger partial charge < -0.3 is 18.9 Å². The van der Waals surface area contributed by atoms with Crippen molar-refractivity contribution in [2.24, 2.45) is 0 Å². The summed E-state index contributed by atoms with van der Waals surface area (Å²) < 4.78 is 4.88. The first-order valence-corrected chi connectivity index (χ1v) is 35.8. The SMILES string of the molecule is c1ccc(-c2cccc(N(c3ccc(-c4cccc5cc(-c6ccc(N(c7ccc(-c8ccc9ccccc9c8)cc7)c7ccc8c9ccc%10ccccc%10c9n(-c9ccccc9)c8c7)c(-c7ccccc7)c6)ccc45)cc3)c3ccc4c(c3)c3c5ccccc5ccc3n4-c3ccccc3)c2)cc1. The van der Waals surface area contributed by atoms with Crippen molar-refractivity contribution in [3.63, 3.8) is 0 Å². The molecule has 0 fully saturated rings. The molecule has 20 rings (SSSR count). The highest BCUT2D eigenvalue weighted by Gasteiger charge is 2.25. The first-order valence-electron chi connectivity index (χ1n) is 35.8. The van der Waals surface area contributed by atoms with Crippen molar-refractivity contribution in [1.82, 2.24) is 9.13 Å². The lowest BCUT2D eigenvalue weighted by Gasteiger charge is -2.29. The quantitative estimate of drug-likeness (QED) is 0.114. The maximum atomic E-state index is 2.47. The van der Waals surface area contributed by atoms with E-state index in [1.54, 1.807) is 0 Å². The second-order valence-electron chi connectivity index (χ2n) is 27.2. The summed E-state index contributed by atoms with van der Waals surface area (Å²) in [7, 11) is 0. The molecule has 0 aliphatic rings. The van der Waals surface area contributed by atoms with E-state index in [2.05, 4.69) is 419 Å². The van der Waals surface area contributed by atoms with Crippen LogP contribution in [0.25, 0.3) is 154 Å². The Morgan fingerprint density at radius 1 is 0.183 bits per heavy atom. The van der Waals surface area contributed by atoms with Crippen LogP contribution < -0.4 is 9.80 Å². The van der Waals surface area contributed by atoms with Gasteiger partial charge in [0.15, 0.2) is 0 Å². The van der Waals surface area contributed by atoms with Gasteiger partial charge in [0.25, 0.3) is 0 Å². The van der Waals surface area contributed by atoms with E-state index in [1.807, 2.05) is 0 Å². The molecule has 0 aliphatic heterocycles. The van der Waals surface area contributed by atoms with E-state index in [0.29, 0.717) is 0 Å². The van der Waals surface area contributed by atoms with Crippen LogP contribution in [0, 0.1) is 0 Å². The fourth-order valence-electron chi connectivity index (χ4n) is 16.3. The third-order valence-electron chi connectivity index (χ3n) is 21.2. The van der Waals surface area contributed by atoms with Crippen molar-refractivity contribution in [3.05, 3.63) is 400 Å². The summed E-state index contributed by atoms with van der Waals surface area (Å²) in [6, 6.07) is 147. The lowest BCUT2D eigenvalue weighted by atomic mass is 9.93. The predicted molar refractivity (Wildman–Crippen MR) is 442 cm³/mol. The Hall–Kier alpha value is -13.8. The van der Waals surface area contributed by atoms with Gasteiger partial charge in [0.1, 0.15) is 0 Å². The summed E-state index contributed by atoms with van der Waals surface area (Å²) >= 11 is 0. The number of aromatic nitrogens is 2. The molecule has 0 atom stereocenters. The lowest BCUT2D eigenvalue weighted by molar-refractivity contribution is 1.18. The number of rotatable bonds is 13. The third-order valence-corrected chi connectivity index (χ3v) is 21.2. The molecule has 4 nitrogen and oxygen atoms in total. The van der Waals surface area contributed by atoms with Crippen LogP contribution in [0.1, 0.15) is 0 Å². The molecule has 0 unspecified atom stereocenters. The number of para-hydroxylation sites is 2. The topological polar surface area (TPSA) is 16.3 Å². The molecule has 0 radical (unpaired) electrons. The van der Waals surface area contributed by atoms with Crippen LogP contribution in [0.4, 0.5) is 34.1 Å². The van der Waals surface area contributed by atoms with E-state index in [-0.39, 0.29) is 0 Å². The number of hydrogen-bond donors (Lipinski definition) is 0. The van der Waals surface area contributed by atoms with Gasteiger partial charge in [-0.05, 0) is 209 Å². The Morgan fingerprint density at radius 2 is 0.644 bits per heavy atom. The number of benzene rings is 18. The summed E-state index contributed by atoms with van der Waals surface area (Å²) in [5.74, 6) is 0. The second-order valence-corrected chi connectivity index (χ2v) is 27.2. The highest BCUT2D eigenvalue weighted by molar-refractivity contribution is 6.23. The molecule has 18 aromatic carbocycles. The fraction of sp³-hybridized carbons (Fsp3) is 0. The van der Waals surface area contributed by atoms with Crippen LogP contribution in [-0.4, -0.2) is 9.13 Å². The highest BCUT2D eigenvalue weighted by atomic mass is 15.2. The van der Waals surface area contributed by atoms with Crippen LogP contribution >= 0.6 is 0 Å². The third kappa shape index (κ3) is 10.4. The molecule has 0 aliphatic carbocycles. The van der Waals surface area contributed by atoms with Crippen LogP contribution in [0.5, 0.6) is 0 Å². The van der Waals surface area contributed by atoms with E-state index < -0.39 is 0 Å². The van der Waals surface area contributed by atoms with Crippen molar-refractivity contribution in [2.45, 2.75) is 0 Å². The minimum Gasteiger partial charge on any atom is -0.310 e. The number of nitrogens with zero attached hydrogens (tertiary/aromatic N) is 4. The molecule has 0 saturated heterocycles. The molecule has 2 heterocycles. The van der Waals surface area contributed by atoms with Gasteiger partial charge in [-0.2, -0.15) is 0 Å². The van der Waals surface area contributed by atoms with Gasteiger partial charge >= 0.3 is 0 Å². The molecule has 0 bridgehead atoms. The lowest BCUT2D eigenvalue weighted by Crippen LogP contribution is -2.11. The van der Waals surface area contributed by atoms with E-state index in [9.17, 15) is 0 Å². The van der Waals surface area contributed by atoms with E-state index in [1.165, 1.54) is 92.4 Å². The minimum absolute atomic E-state index is 1.06. The molecule has 0 N–H and O–H groups in total. The zero-order chi connectivity index (χ0) is 68.6. The average molecular weight is 1320 g/mol. The molecular weight excluding hydrogens is 1260 g/mol. The Bertz CT molecular complexity index is 6700. The van der Waals surface area contributed by atoms with Gasteiger partial charge in [-0.25, -0.2) is 0 Å². The summed E-state index contributed by atoms with van der Waals surface area (Å²) in [5.41, 5.74) is 24.9. The Kier molecular flexibility index (Phi) is 14.5. The Balaban J connectivity index is 0.699. The Labute approximate surface area is 603 Å². The van der Waals surface area contributed by atoms with Crippen molar-refractivity contribution in [2.75, 3.05) is 9.80 Å². The molecule has 486 valence electrons. The van der Waals surface area contributed by atoms with Crippen LogP contribution in [0.2, 0.25) is 0 Å². The maximum Gasteiger partial charge on any atom is 0.0619 e. The molecular formula is C100H66N4. The van der Waals surface area contributed by atoms with E-state index in [0.717, 1.165) is 95.5 Å². The van der Waals surface area contributed by atoms with E-state index in [4.69, 9.17) is 0 Å². The van der Waals surface area contributed by atoms with Crippen molar-refractivity contribution in [3.8, 4) is 67.0 Å². The van der Waals surface area contributed by atoms with Gasteiger partial charge in [0.05, 0.1) is 27.8 Å². The number of anilines is 6. The monoisotopic (exact) mass is 1320 g/mol. The van der Waals surface area contributed by atoms with Crippen LogP contribution in [0.3, 0.4) is 0 Å². The normalized spacial score (nSPS) is 11.7. The predicted octanol–water partition coefficient (Wildman–Crippen LogP) is 27.8. The maximum absolute atomic E-state index is 2.47. The van der Waals surface area contributed by atoms with Gasteiger partial charge in [-0.15, -0.1) is 0 Å². The first-order chi connectivity index (χ1) is 51.6. The van der Waals surface area contributed by atoms with Gasteiger partial charge in [0, 0.05) is 72.3 Å². The zero-order valence-electron chi connectivity index (χ0n) is 56.9.